The number of ketones is 1. The number of benzene rings is 2. The summed E-state index contributed by atoms with van der Waals surface area (Å²) in [6.07, 6.45) is 1.69. The van der Waals surface area contributed by atoms with Gasteiger partial charge in [-0.1, -0.05) is 41.6 Å². The van der Waals surface area contributed by atoms with Crippen LogP contribution in [-0.4, -0.2) is 26.1 Å². The highest BCUT2D eigenvalue weighted by Crippen LogP contribution is 2.31. The Labute approximate surface area is 203 Å². The molecule has 8 heteroatoms. The lowest BCUT2D eigenvalue weighted by atomic mass is 10.0. The molecule has 3 heterocycles. The summed E-state index contributed by atoms with van der Waals surface area (Å²) in [4.78, 5) is 36.5. The van der Waals surface area contributed by atoms with E-state index in [1.54, 1.807) is 22.9 Å². The van der Waals surface area contributed by atoms with E-state index in [0.29, 0.717) is 20.9 Å². The second-order valence-corrected chi connectivity index (χ2v) is 10.0. The minimum atomic E-state index is -0.339. The van der Waals surface area contributed by atoms with Gasteiger partial charge in [-0.25, -0.2) is 14.4 Å². The van der Waals surface area contributed by atoms with E-state index in [0.717, 1.165) is 26.9 Å². The zero-order chi connectivity index (χ0) is 23.8. The molecule has 0 aliphatic carbocycles. The summed E-state index contributed by atoms with van der Waals surface area (Å²) in [5, 5.41) is 1.26. The van der Waals surface area contributed by atoms with Crippen molar-refractivity contribution < 1.29 is 9.18 Å². The maximum absolute atomic E-state index is 13.5. The number of fused-ring (bicyclic) bond motifs is 3. The molecule has 34 heavy (non-hydrogen) atoms. The van der Waals surface area contributed by atoms with E-state index in [9.17, 15) is 14.0 Å². The van der Waals surface area contributed by atoms with Gasteiger partial charge in [0.1, 0.15) is 15.3 Å². The predicted molar refractivity (Wildman–Crippen MR) is 136 cm³/mol. The van der Waals surface area contributed by atoms with E-state index in [4.69, 9.17) is 4.98 Å². The Kier molecular flexibility index (Phi) is 6.02. The molecule has 0 spiro atoms. The fourth-order valence-corrected chi connectivity index (χ4v) is 5.71. The smallest absolute Gasteiger partial charge is 0.272 e. The fraction of sp³-hybridized carbons (Fsp3) is 0.154. The van der Waals surface area contributed by atoms with E-state index in [2.05, 4.69) is 4.98 Å². The van der Waals surface area contributed by atoms with Crippen LogP contribution in [0.2, 0.25) is 0 Å². The van der Waals surface area contributed by atoms with Gasteiger partial charge in [-0.05, 0) is 55.3 Å². The Morgan fingerprint density at radius 1 is 1.12 bits per heavy atom. The Balaban J connectivity index is 1.58. The van der Waals surface area contributed by atoms with Crippen molar-refractivity contribution in [1.82, 2.24) is 14.5 Å². The number of nitrogens with zero attached hydrogens (tertiary/aromatic N) is 3. The van der Waals surface area contributed by atoms with Gasteiger partial charge in [0.2, 0.25) is 0 Å². The van der Waals surface area contributed by atoms with Crippen LogP contribution in [0.4, 0.5) is 4.39 Å². The number of hydrogen-bond donors (Lipinski definition) is 0. The lowest BCUT2D eigenvalue weighted by molar-refractivity contribution is 0.102. The van der Waals surface area contributed by atoms with Crippen molar-refractivity contribution in [3.63, 3.8) is 0 Å². The molecule has 3 aromatic heterocycles. The molecule has 0 aliphatic rings. The van der Waals surface area contributed by atoms with Crippen LogP contribution in [0.25, 0.3) is 20.4 Å². The minimum absolute atomic E-state index is 0.0225. The topological polar surface area (TPSA) is 64.8 Å². The minimum Gasteiger partial charge on any atom is -0.293 e. The number of aryl methyl sites for hydroxylation is 2. The first kappa shape index (κ1) is 22.4. The first-order chi connectivity index (χ1) is 16.4. The van der Waals surface area contributed by atoms with Crippen LogP contribution in [0.15, 0.2) is 70.7 Å². The summed E-state index contributed by atoms with van der Waals surface area (Å²) in [5.41, 5.74) is 3.77. The van der Waals surface area contributed by atoms with Crippen molar-refractivity contribution in [2.75, 3.05) is 5.75 Å². The van der Waals surface area contributed by atoms with Crippen molar-refractivity contribution in [2.24, 2.45) is 0 Å². The van der Waals surface area contributed by atoms with Gasteiger partial charge >= 0.3 is 0 Å². The zero-order valence-corrected chi connectivity index (χ0v) is 20.2. The SMILES string of the molecule is Cc1ccc(C)c(C(=O)CSc2nc3c(sc4ncccc43)c(=O)n2Cc2ccc(F)cc2)c1. The number of carbonyl (C=O) groups is 1. The second kappa shape index (κ2) is 9.12. The Bertz CT molecular complexity index is 1610. The van der Waals surface area contributed by atoms with Crippen LogP contribution in [0.5, 0.6) is 0 Å². The molecule has 2 aromatic carbocycles. The predicted octanol–water partition coefficient (Wildman–Crippen LogP) is 5.79. The van der Waals surface area contributed by atoms with Crippen molar-refractivity contribution in [1.29, 1.82) is 0 Å². The van der Waals surface area contributed by atoms with Gasteiger partial charge < -0.3 is 0 Å². The van der Waals surface area contributed by atoms with Gasteiger partial charge in [-0.2, -0.15) is 0 Å². The molecule has 0 radical (unpaired) electrons. The standard InChI is InChI=1S/C26H20FN3O2S2/c1-15-5-6-16(2)20(12-15)21(31)14-33-26-29-22-19-4-3-11-28-24(19)34-23(22)25(32)30(26)13-17-7-9-18(27)10-8-17/h3-12H,13-14H2,1-2H3. The van der Waals surface area contributed by atoms with Crippen LogP contribution in [0.1, 0.15) is 27.0 Å². The molecule has 0 N–H and O–H groups in total. The highest BCUT2D eigenvalue weighted by Gasteiger charge is 2.19. The number of rotatable bonds is 6. The maximum atomic E-state index is 13.5. The summed E-state index contributed by atoms with van der Waals surface area (Å²) < 4.78 is 15.5. The molecule has 5 rings (SSSR count). The first-order valence-electron chi connectivity index (χ1n) is 10.7. The summed E-state index contributed by atoms with van der Waals surface area (Å²) in [7, 11) is 0. The van der Waals surface area contributed by atoms with Gasteiger partial charge in [-0.3, -0.25) is 14.2 Å². The van der Waals surface area contributed by atoms with E-state index < -0.39 is 0 Å². The molecule has 0 unspecified atom stereocenters. The van der Waals surface area contributed by atoms with Crippen molar-refractivity contribution in [2.45, 2.75) is 25.5 Å². The summed E-state index contributed by atoms with van der Waals surface area (Å²) in [5.74, 6) is -0.217. The molecule has 0 saturated carbocycles. The number of Topliss-reactive ketones (excluding diaryl/α,β-unsaturated/α-hetero) is 1. The normalized spacial score (nSPS) is 11.4. The fourth-order valence-electron chi connectivity index (χ4n) is 3.81. The quantitative estimate of drug-likeness (QED) is 0.172. The molecule has 0 fully saturated rings. The maximum Gasteiger partial charge on any atom is 0.272 e. The van der Waals surface area contributed by atoms with Gasteiger partial charge in [0.05, 0.1) is 17.8 Å². The number of pyridine rings is 1. The van der Waals surface area contributed by atoms with Crippen molar-refractivity contribution in [3.8, 4) is 0 Å². The van der Waals surface area contributed by atoms with Crippen LogP contribution in [-0.2, 0) is 6.54 Å². The van der Waals surface area contributed by atoms with E-state index >= 15 is 0 Å². The lowest BCUT2D eigenvalue weighted by Crippen LogP contribution is -2.23. The monoisotopic (exact) mass is 489 g/mol. The van der Waals surface area contributed by atoms with Crippen LogP contribution < -0.4 is 5.56 Å². The average Bonchev–Trinajstić information content (AvgIpc) is 3.21. The molecule has 5 nitrogen and oxygen atoms in total. The van der Waals surface area contributed by atoms with Gasteiger partial charge in [0, 0.05) is 17.1 Å². The van der Waals surface area contributed by atoms with Gasteiger partial charge in [0.25, 0.3) is 5.56 Å². The molecule has 0 saturated heterocycles. The Morgan fingerprint density at radius 3 is 2.71 bits per heavy atom. The highest BCUT2D eigenvalue weighted by molar-refractivity contribution is 7.99. The summed E-state index contributed by atoms with van der Waals surface area (Å²) in [6, 6.07) is 15.5. The first-order valence-corrected chi connectivity index (χ1v) is 12.5. The molecule has 170 valence electrons. The third kappa shape index (κ3) is 4.26. The number of thioether (sulfide) groups is 1. The summed E-state index contributed by atoms with van der Waals surface area (Å²) >= 11 is 2.55. The number of carbonyl (C=O) groups excluding carboxylic acids is 1. The van der Waals surface area contributed by atoms with E-state index in [1.165, 1.54) is 35.2 Å². The van der Waals surface area contributed by atoms with E-state index in [-0.39, 0.29) is 29.5 Å². The third-order valence-corrected chi connectivity index (χ3v) is 7.66. The molecule has 0 aliphatic heterocycles. The Hall–Kier alpha value is -3.36. The molecule has 0 bridgehead atoms. The highest BCUT2D eigenvalue weighted by atomic mass is 32.2. The molecule has 5 aromatic rings. The molecule has 0 amide bonds. The largest absolute Gasteiger partial charge is 0.293 e. The zero-order valence-electron chi connectivity index (χ0n) is 18.5. The summed E-state index contributed by atoms with van der Waals surface area (Å²) in [6.45, 7) is 4.09. The number of aromatic nitrogens is 3. The molecule has 0 atom stereocenters. The van der Waals surface area contributed by atoms with Crippen LogP contribution in [0.3, 0.4) is 0 Å². The Morgan fingerprint density at radius 2 is 1.91 bits per heavy atom. The van der Waals surface area contributed by atoms with Gasteiger partial charge in [0.15, 0.2) is 10.9 Å². The van der Waals surface area contributed by atoms with Crippen LogP contribution >= 0.6 is 23.1 Å². The lowest BCUT2D eigenvalue weighted by Gasteiger charge is -2.12. The number of thiophene rings is 1. The number of halogens is 1. The van der Waals surface area contributed by atoms with Crippen LogP contribution in [0, 0.1) is 19.7 Å². The molecular formula is C26H20FN3O2S2. The van der Waals surface area contributed by atoms with Gasteiger partial charge in [-0.15, -0.1) is 11.3 Å². The van der Waals surface area contributed by atoms with Crippen molar-refractivity contribution >= 4 is 49.3 Å². The average molecular weight is 490 g/mol. The third-order valence-electron chi connectivity index (χ3n) is 5.60. The molecular weight excluding hydrogens is 469 g/mol. The second-order valence-electron chi connectivity index (χ2n) is 8.08. The van der Waals surface area contributed by atoms with Crippen molar-refractivity contribution in [3.05, 3.63) is 99.2 Å². The van der Waals surface area contributed by atoms with E-state index in [1.807, 2.05) is 44.2 Å². The number of hydrogen-bond acceptors (Lipinski definition) is 6.